The van der Waals surface area contributed by atoms with Crippen molar-refractivity contribution >= 4 is 17.4 Å². The van der Waals surface area contributed by atoms with Gasteiger partial charge in [0.2, 0.25) is 0 Å². The van der Waals surface area contributed by atoms with Crippen molar-refractivity contribution in [3.05, 3.63) is 82.9 Å². The average molecular weight is 477 g/mol. The summed E-state index contributed by atoms with van der Waals surface area (Å²) in [5.41, 5.74) is 3.39. The molecule has 0 aromatic heterocycles. The van der Waals surface area contributed by atoms with E-state index < -0.39 is 17.7 Å². The molecule has 1 aliphatic heterocycles. The number of carbonyl (C=O) groups is 2. The van der Waals surface area contributed by atoms with Crippen LogP contribution in [0, 0.1) is 6.92 Å². The number of aliphatic hydroxyl groups is 1. The second-order valence-corrected chi connectivity index (χ2v) is 9.55. The molecule has 35 heavy (non-hydrogen) atoms. The van der Waals surface area contributed by atoms with Gasteiger partial charge in [0, 0.05) is 12.1 Å². The zero-order chi connectivity index (χ0) is 25.7. The second-order valence-electron chi connectivity index (χ2n) is 9.55. The van der Waals surface area contributed by atoms with Gasteiger partial charge in [-0.05, 0) is 74.8 Å². The van der Waals surface area contributed by atoms with E-state index in [2.05, 4.69) is 20.4 Å². The molecule has 2 aromatic carbocycles. The highest BCUT2D eigenvalue weighted by molar-refractivity contribution is 6.46. The van der Waals surface area contributed by atoms with Crippen LogP contribution in [0.1, 0.15) is 54.5 Å². The third-order valence-corrected chi connectivity index (χ3v) is 6.27. The third kappa shape index (κ3) is 5.82. The Hall–Kier alpha value is -3.38. The van der Waals surface area contributed by atoms with Crippen molar-refractivity contribution in [2.24, 2.45) is 0 Å². The number of hydrogen-bond acceptors (Lipinski definition) is 5. The van der Waals surface area contributed by atoms with Crippen molar-refractivity contribution in [3.63, 3.8) is 0 Å². The van der Waals surface area contributed by atoms with Crippen LogP contribution in [-0.2, 0) is 9.59 Å². The van der Waals surface area contributed by atoms with Gasteiger partial charge in [-0.25, -0.2) is 0 Å². The highest BCUT2D eigenvalue weighted by Gasteiger charge is 2.45. The summed E-state index contributed by atoms with van der Waals surface area (Å²) in [5, 5.41) is 11.3. The lowest BCUT2D eigenvalue weighted by Crippen LogP contribution is -2.32. The summed E-state index contributed by atoms with van der Waals surface area (Å²) in [4.78, 5) is 30.0. The van der Waals surface area contributed by atoms with Gasteiger partial charge in [0.05, 0.1) is 11.6 Å². The molecule has 1 atom stereocenters. The fourth-order valence-electron chi connectivity index (χ4n) is 4.34. The number of aryl methyl sites for hydroxylation is 1. The summed E-state index contributed by atoms with van der Waals surface area (Å²) in [5.74, 6) is -0.373. The number of hydrogen-bond donors (Lipinski definition) is 1. The van der Waals surface area contributed by atoms with Gasteiger partial charge in [-0.3, -0.25) is 9.59 Å². The normalized spacial score (nSPS) is 17.5. The summed E-state index contributed by atoms with van der Waals surface area (Å²) >= 11 is 0. The number of ether oxygens (including phenoxy) is 1. The van der Waals surface area contributed by atoms with E-state index in [0.717, 1.165) is 24.1 Å². The topological polar surface area (TPSA) is 70.1 Å². The number of nitrogens with zero attached hydrogens (tertiary/aromatic N) is 2. The first-order valence-electron chi connectivity index (χ1n) is 12.0. The fraction of sp³-hybridized carbons (Fsp3) is 0.379. The largest absolute Gasteiger partial charge is 0.507 e. The minimum absolute atomic E-state index is 0.122. The van der Waals surface area contributed by atoms with Crippen LogP contribution in [0.3, 0.4) is 0 Å². The molecule has 0 radical (unpaired) electrons. The van der Waals surface area contributed by atoms with Crippen molar-refractivity contribution < 1.29 is 19.4 Å². The summed E-state index contributed by atoms with van der Waals surface area (Å²) in [6, 6.07) is 12.5. The van der Waals surface area contributed by atoms with E-state index in [9.17, 15) is 14.7 Å². The van der Waals surface area contributed by atoms with Crippen LogP contribution in [0.15, 0.2) is 60.7 Å². The number of ketones is 1. The molecule has 0 aliphatic carbocycles. The summed E-state index contributed by atoms with van der Waals surface area (Å²) in [6.45, 7) is 11.3. The number of rotatable bonds is 10. The highest BCUT2D eigenvalue weighted by Crippen LogP contribution is 2.40. The lowest BCUT2D eigenvalue weighted by molar-refractivity contribution is -0.139. The molecule has 0 saturated carbocycles. The number of amides is 1. The molecule has 6 heteroatoms. The molecular formula is C29H36N2O4. The van der Waals surface area contributed by atoms with Crippen LogP contribution < -0.4 is 4.74 Å². The fourth-order valence-corrected chi connectivity index (χ4v) is 4.34. The Bertz CT molecular complexity index is 1120. The SMILES string of the molecule is C=CCOc1ccc(/C(O)=C2/C(=O)C(=O)N(CCCN(C)C)C2c2ccc(C(C)C)cc2)cc1C. The van der Waals surface area contributed by atoms with E-state index >= 15 is 0 Å². The third-order valence-electron chi connectivity index (χ3n) is 6.27. The molecule has 1 N–H and O–H groups in total. The first kappa shape index (κ1) is 26.2. The first-order chi connectivity index (χ1) is 16.6. The van der Waals surface area contributed by atoms with Crippen LogP contribution in [0.4, 0.5) is 0 Å². The lowest BCUT2D eigenvalue weighted by atomic mass is 9.93. The second kappa shape index (κ2) is 11.4. The van der Waals surface area contributed by atoms with Crippen molar-refractivity contribution in [1.82, 2.24) is 9.80 Å². The molecule has 3 rings (SSSR count). The monoisotopic (exact) mass is 476 g/mol. The lowest BCUT2D eigenvalue weighted by Gasteiger charge is -2.26. The van der Waals surface area contributed by atoms with E-state index in [1.807, 2.05) is 50.2 Å². The quantitative estimate of drug-likeness (QED) is 0.225. The highest BCUT2D eigenvalue weighted by atomic mass is 16.5. The molecule has 0 bridgehead atoms. The van der Waals surface area contributed by atoms with Gasteiger partial charge in [-0.1, -0.05) is 50.8 Å². The van der Waals surface area contributed by atoms with Gasteiger partial charge in [0.15, 0.2) is 0 Å². The van der Waals surface area contributed by atoms with Crippen molar-refractivity contribution in [1.29, 1.82) is 0 Å². The molecule has 1 unspecified atom stereocenters. The Kier molecular flexibility index (Phi) is 8.52. The van der Waals surface area contributed by atoms with E-state index in [-0.39, 0.29) is 11.3 Å². The summed E-state index contributed by atoms with van der Waals surface area (Å²) in [7, 11) is 3.95. The van der Waals surface area contributed by atoms with Crippen LogP contribution in [-0.4, -0.2) is 60.4 Å². The van der Waals surface area contributed by atoms with E-state index in [0.29, 0.717) is 30.4 Å². The predicted octanol–water partition coefficient (Wildman–Crippen LogP) is 5.06. The van der Waals surface area contributed by atoms with Crippen molar-refractivity contribution in [2.45, 2.75) is 39.2 Å². The Morgan fingerprint density at radius 2 is 1.86 bits per heavy atom. The zero-order valence-electron chi connectivity index (χ0n) is 21.4. The number of benzene rings is 2. The smallest absolute Gasteiger partial charge is 0.295 e. The van der Waals surface area contributed by atoms with Crippen LogP contribution in [0.25, 0.3) is 5.76 Å². The summed E-state index contributed by atoms with van der Waals surface area (Å²) in [6.07, 6.45) is 2.38. The first-order valence-corrected chi connectivity index (χ1v) is 12.0. The molecule has 2 aromatic rings. The Morgan fingerprint density at radius 3 is 2.43 bits per heavy atom. The van der Waals surface area contributed by atoms with Crippen LogP contribution >= 0.6 is 0 Å². The van der Waals surface area contributed by atoms with Gasteiger partial charge >= 0.3 is 0 Å². The average Bonchev–Trinajstić information content (AvgIpc) is 3.07. The number of carbonyl (C=O) groups excluding carboxylic acids is 2. The molecule has 1 heterocycles. The Labute approximate surface area is 208 Å². The van der Waals surface area contributed by atoms with Gasteiger partial charge in [-0.2, -0.15) is 0 Å². The Morgan fingerprint density at radius 1 is 1.17 bits per heavy atom. The molecular weight excluding hydrogens is 440 g/mol. The maximum atomic E-state index is 13.2. The van der Waals surface area contributed by atoms with E-state index in [1.165, 1.54) is 5.56 Å². The maximum absolute atomic E-state index is 13.2. The molecule has 186 valence electrons. The van der Waals surface area contributed by atoms with Gasteiger partial charge in [-0.15, -0.1) is 0 Å². The molecule has 0 spiro atoms. The van der Waals surface area contributed by atoms with Crippen molar-refractivity contribution in [3.8, 4) is 5.75 Å². The number of Topliss-reactive ketones (excluding diaryl/α,β-unsaturated/α-hetero) is 1. The van der Waals surface area contributed by atoms with E-state index in [4.69, 9.17) is 4.74 Å². The van der Waals surface area contributed by atoms with E-state index in [1.54, 1.807) is 29.2 Å². The van der Waals surface area contributed by atoms with Gasteiger partial charge in [0.1, 0.15) is 18.1 Å². The Balaban J connectivity index is 2.07. The standard InChI is InChI=1S/C29H36N2O4/c1-7-17-35-24-14-13-23(18-20(24)4)27(32)25-26(22-11-9-21(10-12-22)19(2)3)31(29(34)28(25)33)16-8-15-30(5)6/h7,9-14,18-19,26,32H,1,8,15-17H2,2-6H3/b27-25-. The minimum atomic E-state index is -0.657. The van der Waals surface area contributed by atoms with Crippen molar-refractivity contribution in [2.75, 3.05) is 33.8 Å². The van der Waals surface area contributed by atoms with Gasteiger partial charge in [0.25, 0.3) is 11.7 Å². The predicted molar refractivity (Wildman–Crippen MR) is 140 cm³/mol. The van der Waals surface area contributed by atoms with Crippen LogP contribution in [0.2, 0.25) is 0 Å². The molecule has 1 saturated heterocycles. The molecule has 1 amide bonds. The number of aliphatic hydroxyl groups excluding tert-OH is 1. The minimum Gasteiger partial charge on any atom is -0.507 e. The molecule has 1 fully saturated rings. The summed E-state index contributed by atoms with van der Waals surface area (Å²) < 4.78 is 5.64. The van der Waals surface area contributed by atoms with Crippen LogP contribution in [0.5, 0.6) is 5.75 Å². The molecule has 6 nitrogen and oxygen atoms in total. The molecule has 1 aliphatic rings. The number of likely N-dealkylation sites (tertiary alicyclic amines) is 1. The zero-order valence-corrected chi connectivity index (χ0v) is 21.4. The van der Waals surface area contributed by atoms with Gasteiger partial charge < -0.3 is 19.6 Å². The maximum Gasteiger partial charge on any atom is 0.295 e.